The number of nitrogens with one attached hydrogen (secondary N) is 1. The first-order valence-corrected chi connectivity index (χ1v) is 1.95. The van der Waals surface area contributed by atoms with Gasteiger partial charge in [0.1, 0.15) is 0 Å². The highest BCUT2D eigenvalue weighted by atomic mass is 16.1. The quantitative estimate of drug-likeness (QED) is 0.347. The zero-order valence-electron chi connectivity index (χ0n) is 3.53. The third-order valence-corrected chi connectivity index (χ3v) is 0.354. The van der Waals surface area contributed by atoms with E-state index < -0.39 is 0 Å². The largest absolute Gasteiger partial charge is 0.231 e. The Morgan fingerprint density at radius 1 is 1.33 bits per heavy atom. The third-order valence-electron chi connectivity index (χ3n) is 0.354. The number of isocyanates is 1. The van der Waals surface area contributed by atoms with Crippen LogP contribution in [0, 0.1) is 5.41 Å². The van der Waals surface area contributed by atoms with Crippen LogP contribution in [0.4, 0.5) is 0 Å². The lowest BCUT2D eigenvalue weighted by molar-refractivity contribution is 0.563. The zero-order chi connectivity index (χ0) is 4.83. The molecule has 0 spiro atoms. The van der Waals surface area contributed by atoms with Crippen LogP contribution < -0.4 is 0 Å². The van der Waals surface area contributed by atoms with Crippen LogP contribution in [0.2, 0.25) is 0 Å². The summed E-state index contributed by atoms with van der Waals surface area (Å²) in [6.45, 7) is 0. The van der Waals surface area contributed by atoms with Gasteiger partial charge in [0.2, 0.25) is 6.08 Å². The molecule has 2 heteroatoms. The fraction of sp³-hybridized carbons (Fsp3) is 0.750. The molecule has 0 unspecified atom stereocenters. The molecule has 0 aromatic carbocycles. The molecule has 34 valence electrons. The van der Waals surface area contributed by atoms with Gasteiger partial charge in [-0.05, 0) is 0 Å². The van der Waals surface area contributed by atoms with Gasteiger partial charge in [-0.1, -0.05) is 19.3 Å². The van der Waals surface area contributed by atoms with E-state index in [4.69, 9.17) is 10.2 Å². The van der Waals surface area contributed by atoms with Crippen LogP contribution >= 0.6 is 0 Å². The van der Waals surface area contributed by atoms with Crippen molar-refractivity contribution in [1.29, 1.82) is 5.41 Å². The minimum Gasteiger partial charge on any atom is -0.222 e. The van der Waals surface area contributed by atoms with E-state index in [0.717, 1.165) is 6.08 Å². The predicted octanol–water partition coefficient (Wildman–Crippen LogP) is 1.07. The first-order valence-electron chi connectivity index (χ1n) is 1.95. The maximum atomic E-state index is 8.35. The van der Waals surface area contributed by atoms with E-state index in [9.17, 15) is 0 Å². The second-order valence-corrected chi connectivity index (χ2v) is 1.16. The molecule has 1 fully saturated rings. The minimum atomic E-state index is 0.750. The smallest absolute Gasteiger partial charge is 0.222 e. The molecule has 0 aromatic rings. The van der Waals surface area contributed by atoms with Gasteiger partial charge in [-0.2, -0.15) is 0 Å². The van der Waals surface area contributed by atoms with Crippen molar-refractivity contribution in [3.63, 3.8) is 0 Å². The van der Waals surface area contributed by atoms with Crippen LogP contribution in [0.15, 0.2) is 0 Å². The highest BCUT2D eigenvalue weighted by molar-refractivity contribution is 5.26. The first-order chi connectivity index (χ1) is 2.91. The Hall–Kier alpha value is -0.620. The molecule has 1 aliphatic carbocycles. The van der Waals surface area contributed by atoms with Gasteiger partial charge in [-0.3, -0.25) is 0 Å². The molecule has 2 nitrogen and oxygen atoms in total. The molecule has 1 aliphatic rings. The van der Waals surface area contributed by atoms with Gasteiger partial charge in [0, 0.05) is 0 Å². The van der Waals surface area contributed by atoms with E-state index in [0.29, 0.717) is 0 Å². The molecular formula is C4H7NO. The topological polar surface area (TPSA) is 40.9 Å². The van der Waals surface area contributed by atoms with Crippen LogP contribution in [0.1, 0.15) is 19.3 Å². The summed E-state index contributed by atoms with van der Waals surface area (Å²) >= 11 is 0. The maximum Gasteiger partial charge on any atom is 0.231 e. The summed E-state index contributed by atoms with van der Waals surface area (Å²) in [5.41, 5.74) is 0. The van der Waals surface area contributed by atoms with Crippen LogP contribution in [-0.4, -0.2) is 6.08 Å². The van der Waals surface area contributed by atoms with Crippen molar-refractivity contribution in [2.45, 2.75) is 19.3 Å². The summed E-state index contributed by atoms with van der Waals surface area (Å²) in [5.74, 6) is 0. The lowest BCUT2D eigenvalue weighted by Gasteiger charge is -1.05. The standard InChI is InChI=1S/C3H6.CHNO/c1-2-3-1;2-1-3/h1-3H2;2H. The Kier molecular flexibility index (Phi) is 3.93. The van der Waals surface area contributed by atoms with Crippen molar-refractivity contribution in [3.05, 3.63) is 0 Å². The molecule has 0 heterocycles. The average molecular weight is 85.1 g/mol. The summed E-state index contributed by atoms with van der Waals surface area (Å²) in [6.07, 6.45) is 5.25. The molecular weight excluding hydrogens is 78.0 g/mol. The van der Waals surface area contributed by atoms with Gasteiger partial charge < -0.3 is 0 Å². The van der Waals surface area contributed by atoms with Gasteiger partial charge in [0.05, 0.1) is 0 Å². The number of rotatable bonds is 0. The van der Waals surface area contributed by atoms with Crippen LogP contribution in [0.5, 0.6) is 0 Å². The van der Waals surface area contributed by atoms with E-state index in [1.54, 1.807) is 0 Å². The van der Waals surface area contributed by atoms with Crippen molar-refractivity contribution < 1.29 is 4.79 Å². The first kappa shape index (κ1) is 5.38. The van der Waals surface area contributed by atoms with E-state index >= 15 is 0 Å². The van der Waals surface area contributed by atoms with E-state index in [1.165, 1.54) is 19.3 Å². The Labute approximate surface area is 36.7 Å². The van der Waals surface area contributed by atoms with Gasteiger partial charge in [0.25, 0.3) is 0 Å². The molecule has 1 rings (SSSR count). The summed E-state index contributed by atoms with van der Waals surface area (Å²) in [7, 11) is 0. The van der Waals surface area contributed by atoms with Crippen molar-refractivity contribution in [2.75, 3.05) is 0 Å². The molecule has 1 N–H and O–H groups in total. The molecule has 6 heavy (non-hydrogen) atoms. The van der Waals surface area contributed by atoms with Crippen molar-refractivity contribution in [3.8, 4) is 0 Å². The molecule has 1 saturated carbocycles. The lowest BCUT2D eigenvalue weighted by atomic mass is 11.0. The highest BCUT2D eigenvalue weighted by Crippen LogP contribution is 2.14. The van der Waals surface area contributed by atoms with Gasteiger partial charge in [-0.25, -0.2) is 10.2 Å². The second kappa shape index (κ2) is 4.38. The van der Waals surface area contributed by atoms with E-state index in [-0.39, 0.29) is 0 Å². The molecule has 0 aromatic heterocycles. The Morgan fingerprint density at radius 2 is 1.50 bits per heavy atom. The molecule has 0 saturated heterocycles. The molecule has 0 amide bonds. The Morgan fingerprint density at radius 3 is 1.50 bits per heavy atom. The molecule has 0 aliphatic heterocycles. The SMILES string of the molecule is C1CC1.N=C=O. The van der Waals surface area contributed by atoms with Crippen LogP contribution in [0.3, 0.4) is 0 Å². The summed E-state index contributed by atoms with van der Waals surface area (Å²) in [5, 5.41) is 5.40. The minimum absolute atomic E-state index is 0.750. The van der Waals surface area contributed by atoms with E-state index in [1.807, 2.05) is 0 Å². The monoisotopic (exact) mass is 85.1 g/mol. The summed E-state index contributed by atoms with van der Waals surface area (Å²) in [6, 6.07) is 0. The Bertz CT molecular complexity index is 49.8. The van der Waals surface area contributed by atoms with Crippen molar-refractivity contribution in [1.82, 2.24) is 0 Å². The van der Waals surface area contributed by atoms with Gasteiger partial charge in [-0.15, -0.1) is 0 Å². The number of carbonyl (C=O) groups excluding carboxylic acids is 1. The number of hydrogen-bond donors (Lipinski definition) is 1. The highest BCUT2D eigenvalue weighted by Gasteiger charge is 1.95. The Balaban J connectivity index is 0.0000000833. The maximum absolute atomic E-state index is 8.35. The van der Waals surface area contributed by atoms with Crippen LogP contribution in [-0.2, 0) is 4.79 Å². The fourth-order valence-electron chi connectivity index (χ4n) is 0. The van der Waals surface area contributed by atoms with E-state index in [2.05, 4.69) is 0 Å². The van der Waals surface area contributed by atoms with Crippen LogP contribution in [0.25, 0.3) is 0 Å². The van der Waals surface area contributed by atoms with Crippen molar-refractivity contribution in [2.24, 2.45) is 0 Å². The predicted molar refractivity (Wildman–Crippen MR) is 22.3 cm³/mol. The summed E-state index contributed by atoms with van der Waals surface area (Å²) in [4.78, 5) is 8.35. The van der Waals surface area contributed by atoms with Crippen molar-refractivity contribution >= 4 is 6.08 Å². The molecule has 0 bridgehead atoms. The lowest BCUT2D eigenvalue weighted by Crippen LogP contribution is -1.16. The van der Waals surface area contributed by atoms with Gasteiger partial charge >= 0.3 is 0 Å². The normalized spacial score (nSPS) is 13.3. The zero-order valence-corrected chi connectivity index (χ0v) is 3.53. The molecule has 0 radical (unpaired) electrons. The fourth-order valence-corrected chi connectivity index (χ4v) is 0. The third kappa shape index (κ3) is 133. The molecule has 0 atom stereocenters. The van der Waals surface area contributed by atoms with Gasteiger partial charge in [0.15, 0.2) is 0 Å². The number of hydrogen-bond acceptors (Lipinski definition) is 2. The second-order valence-electron chi connectivity index (χ2n) is 1.16. The summed E-state index contributed by atoms with van der Waals surface area (Å²) < 4.78 is 0. The average Bonchev–Trinajstić information content (AvgIpc) is 2.11.